The fourth-order valence-electron chi connectivity index (χ4n) is 4.18. The van der Waals surface area contributed by atoms with Gasteiger partial charge in [-0.3, -0.25) is 9.88 Å². The molecule has 1 N–H and O–H groups in total. The minimum Gasteiger partial charge on any atom is -0.308 e. The van der Waals surface area contributed by atoms with Gasteiger partial charge in [-0.05, 0) is 63.0 Å². The van der Waals surface area contributed by atoms with Crippen LogP contribution >= 0.6 is 0 Å². The maximum Gasteiger partial charge on any atom is 0.0338 e. The second kappa shape index (κ2) is 4.79. The van der Waals surface area contributed by atoms with Crippen LogP contribution in [-0.4, -0.2) is 34.1 Å². The molecule has 1 saturated heterocycles. The lowest BCUT2D eigenvalue weighted by molar-refractivity contribution is -0.00713. The molecule has 21 heavy (non-hydrogen) atoms. The Labute approximate surface area is 128 Å². The molecule has 114 valence electrons. The summed E-state index contributed by atoms with van der Waals surface area (Å²) in [6.45, 7) is 8.28. The number of piperazine rings is 1. The molecule has 4 rings (SSSR count). The van der Waals surface area contributed by atoms with E-state index in [1.165, 1.54) is 37.8 Å². The highest BCUT2D eigenvalue weighted by atomic mass is 15.3. The van der Waals surface area contributed by atoms with Crippen molar-refractivity contribution in [3.63, 3.8) is 0 Å². The van der Waals surface area contributed by atoms with E-state index < -0.39 is 0 Å². The molecule has 2 saturated carbocycles. The molecular formula is C18H27N3. The highest BCUT2D eigenvalue weighted by Crippen LogP contribution is 2.48. The summed E-state index contributed by atoms with van der Waals surface area (Å²) in [6, 6.07) is 4.28. The molecule has 0 spiro atoms. The third-order valence-electron chi connectivity index (χ3n) is 6.12. The van der Waals surface area contributed by atoms with Crippen molar-refractivity contribution in [3.05, 3.63) is 30.1 Å². The lowest BCUT2D eigenvalue weighted by atomic mass is 9.82. The van der Waals surface area contributed by atoms with Gasteiger partial charge >= 0.3 is 0 Å². The fraction of sp³-hybridized carbons (Fsp3) is 0.722. The van der Waals surface area contributed by atoms with Crippen LogP contribution in [0.15, 0.2) is 24.5 Å². The average Bonchev–Trinajstić information content (AvgIpc) is 3.35. The monoisotopic (exact) mass is 285 g/mol. The van der Waals surface area contributed by atoms with Gasteiger partial charge in [0, 0.05) is 43.1 Å². The Bertz CT molecular complexity index is 508. The molecule has 0 aromatic carbocycles. The van der Waals surface area contributed by atoms with E-state index >= 15 is 0 Å². The van der Waals surface area contributed by atoms with Crippen LogP contribution < -0.4 is 5.32 Å². The van der Waals surface area contributed by atoms with Crippen LogP contribution in [0.2, 0.25) is 0 Å². The zero-order chi connectivity index (χ0) is 14.5. The van der Waals surface area contributed by atoms with Crippen LogP contribution in [0.5, 0.6) is 0 Å². The van der Waals surface area contributed by atoms with Crippen LogP contribution in [0.3, 0.4) is 0 Å². The lowest BCUT2D eigenvalue weighted by Gasteiger charge is -2.53. The Morgan fingerprint density at radius 1 is 1.24 bits per heavy atom. The number of nitrogens with zero attached hydrogens (tertiary/aromatic N) is 2. The molecule has 1 aliphatic heterocycles. The smallest absolute Gasteiger partial charge is 0.0338 e. The van der Waals surface area contributed by atoms with E-state index in [4.69, 9.17) is 0 Å². The van der Waals surface area contributed by atoms with Gasteiger partial charge in [-0.25, -0.2) is 0 Å². The maximum atomic E-state index is 4.30. The molecule has 2 unspecified atom stereocenters. The summed E-state index contributed by atoms with van der Waals surface area (Å²) in [5.41, 5.74) is 1.99. The average molecular weight is 285 g/mol. The van der Waals surface area contributed by atoms with Crippen LogP contribution in [0.4, 0.5) is 0 Å². The first kappa shape index (κ1) is 13.7. The molecule has 2 atom stereocenters. The maximum absolute atomic E-state index is 4.30. The Morgan fingerprint density at radius 3 is 2.62 bits per heavy atom. The number of hydrogen-bond donors (Lipinski definition) is 1. The number of pyridine rings is 1. The van der Waals surface area contributed by atoms with Crippen LogP contribution in [0.1, 0.15) is 45.1 Å². The highest BCUT2D eigenvalue weighted by Gasteiger charge is 2.53. The summed E-state index contributed by atoms with van der Waals surface area (Å²) in [4.78, 5) is 7.06. The SMILES string of the molecule is CC1(C2CC2)CN(Cc2cccnc2)C(C)(C2CC2)CN1. The second-order valence-electron chi connectivity index (χ2n) is 7.89. The van der Waals surface area contributed by atoms with E-state index in [9.17, 15) is 0 Å². The van der Waals surface area contributed by atoms with Gasteiger partial charge in [0.05, 0.1) is 0 Å². The van der Waals surface area contributed by atoms with Crippen molar-refractivity contribution < 1.29 is 0 Å². The van der Waals surface area contributed by atoms with Gasteiger partial charge in [0.1, 0.15) is 0 Å². The van der Waals surface area contributed by atoms with Crippen molar-refractivity contribution in [2.24, 2.45) is 11.8 Å². The predicted octanol–water partition coefficient (Wildman–Crippen LogP) is 2.82. The minimum atomic E-state index is 0.316. The third-order valence-corrected chi connectivity index (χ3v) is 6.12. The van der Waals surface area contributed by atoms with Crippen LogP contribution in [-0.2, 0) is 6.54 Å². The van der Waals surface area contributed by atoms with Crippen molar-refractivity contribution >= 4 is 0 Å². The molecule has 3 aliphatic rings. The second-order valence-corrected chi connectivity index (χ2v) is 7.89. The van der Waals surface area contributed by atoms with E-state index in [0.29, 0.717) is 11.1 Å². The van der Waals surface area contributed by atoms with Crippen LogP contribution in [0.25, 0.3) is 0 Å². The van der Waals surface area contributed by atoms with Crippen molar-refractivity contribution in [1.29, 1.82) is 0 Å². The standard InChI is InChI=1S/C18H27N3/c1-17(15-5-6-15)13-21(11-14-4-3-9-19-10-14)18(2,12-20-17)16-7-8-16/h3-4,9-10,15-16,20H,5-8,11-13H2,1-2H3. The van der Waals surface area contributed by atoms with Gasteiger partial charge in [-0.2, -0.15) is 0 Å². The summed E-state index contributed by atoms with van der Waals surface area (Å²) in [5.74, 6) is 1.77. The Morgan fingerprint density at radius 2 is 2.00 bits per heavy atom. The summed E-state index contributed by atoms with van der Waals surface area (Å²) in [6.07, 6.45) is 9.53. The first-order valence-corrected chi connectivity index (χ1v) is 8.49. The number of hydrogen-bond acceptors (Lipinski definition) is 3. The summed E-state index contributed by atoms with van der Waals surface area (Å²) >= 11 is 0. The summed E-state index contributed by atoms with van der Waals surface area (Å²) < 4.78 is 0. The van der Waals surface area contributed by atoms with Crippen molar-refractivity contribution in [3.8, 4) is 0 Å². The number of aromatic nitrogens is 1. The van der Waals surface area contributed by atoms with E-state index in [0.717, 1.165) is 24.9 Å². The van der Waals surface area contributed by atoms with Gasteiger partial charge in [0.2, 0.25) is 0 Å². The number of rotatable bonds is 4. The molecule has 2 heterocycles. The Kier molecular flexibility index (Phi) is 3.13. The van der Waals surface area contributed by atoms with E-state index in [-0.39, 0.29) is 0 Å². The fourth-order valence-corrected chi connectivity index (χ4v) is 4.18. The topological polar surface area (TPSA) is 28.2 Å². The van der Waals surface area contributed by atoms with Crippen molar-refractivity contribution in [1.82, 2.24) is 15.2 Å². The molecule has 1 aromatic rings. The first-order valence-electron chi connectivity index (χ1n) is 8.49. The zero-order valence-electron chi connectivity index (χ0n) is 13.3. The van der Waals surface area contributed by atoms with Gasteiger partial charge in [-0.15, -0.1) is 0 Å². The molecular weight excluding hydrogens is 258 g/mol. The molecule has 0 bridgehead atoms. The summed E-state index contributed by atoms with van der Waals surface area (Å²) in [5, 5.41) is 3.93. The minimum absolute atomic E-state index is 0.316. The van der Waals surface area contributed by atoms with E-state index in [2.05, 4.69) is 41.2 Å². The normalized spacial score (nSPS) is 37.6. The highest BCUT2D eigenvalue weighted by molar-refractivity contribution is 5.15. The first-order chi connectivity index (χ1) is 10.1. The van der Waals surface area contributed by atoms with Gasteiger partial charge in [0.15, 0.2) is 0 Å². The zero-order valence-corrected chi connectivity index (χ0v) is 13.3. The van der Waals surface area contributed by atoms with Crippen molar-refractivity contribution in [2.75, 3.05) is 13.1 Å². The lowest BCUT2D eigenvalue weighted by Crippen LogP contribution is -2.69. The quantitative estimate of drug-likeness (QED) is 0.922. The van der Waals surface area contributed by atoms with Crippen molar-refractivity contribution in [2.45, 2.75) is 57.2 Å². The van der Waals surface area contributed by atoms with Crippen LogP contribution in [0, 0.1) is 11.8 Å². The van der Waals surface area contributed by atoms with Gasteiger partial charge in [-0.1, -0.05) is 6.07 Å². The van der Waals surface area contributed by atoms with Gasteiger partial charge in [0.25, 0.3) is 0 Å². The Hall–Kier alpha value is -0.930. The molecule has 3 fully saturated rings. The molecule has 1 aromatic heterocycles. The molecule has 0 amide bonds. The van der Waals surface area contributed by atoms with Gasteiger partial charge < -0.3 is 5.32 Å². The largest absolute Gasteiger partial charge is 0.308 e. The summed E-state index contributed by atoms with van der Waals surface area (Å²) in [7, 11) is 0. The molecule has 0 radical (unpaired) electrons. The molecule has 3 heteroatoms. The van der Waals surface area contributed by atoms with E-state index in [1.54, 1.807) is 0 Å². The number of nitrogens with one attached hydrogen (secondary N) is 1. The van der Waals surface area contributed by atoms with E-state index in [1.807, 2.05) is 12.4 Å². The Balaban J connectivity index is 1.58. The molecule has 3 nitrogen and oxygen atoms in total. The predicted molar refractivity (Wildman–Crippen MR) is 84.9 cm³/mol. The third kappa shape index (κ3) is 2.51. The molecule has 2 aliphatic carbocycles.